The Bertz CT molecular complexity index is 792. The van der Waals surface area contributed by atoms with E-state index in [0.717, 1.165) is 6.07 Å². The van der Waals surface area contributed by atoms with Crippen molar-refractivity contribution in [1.82, 2.24) is 4.72 Å². The molecule has 0 amide bonds. The molecule has 0 bridgehead atoms. The second-order valence-corrected chi connectivity index (χ2v) is 10.5. The first-order valence-electron chi connectivity index (χ1n) is 9.77. The van der Waals surface area contributed by atoms with Crippen molar-refractivity contribution >= 4 is 17.3 Å². The van der Waals surface area contributed by atoms with Crippen LogP contribution in [0.1, 0.15) is 58.6 Å². The SMILES string of the molecule is CCOC(=O)C1([C@H]2C[C@@H](N[S+]([O-])C(C)(C)C)c3ccc(OC(F)(F)F)cc3O2)CC1. The van der Waals surface area contributed by atoms with E-state index >= 15 is 0 Å². The van der Waals surface area contributed by atoms with Gasteiger partial charge in [0.25, 0.3) is 0 Å². The molecule has 3 rings (SSSR count). The maximum atomic E-state index is 12.7. The van der Waals surface area contributed by atoms with Crippen molar-refractivity contribution in [1.29, 1.82) is 0 Å². The predicted molar refractivity (Wildman–Crippen MR) is 104 cm³/mol. The number of alkyl halides is 3. The summed E-state index contributed by atoms with van der Waals surface area (Å²) >= 11 is -1.43. The van der Waals surface area contributed by atoms with Gasteiger partial charge in [0.05, 0.1) is 12.6 Å². The molecule has 1 aliphatic carbocycles. The molecule has 6 nitrogen and oxygen atoms in total. The van der Waals surface area contributed by atoms with Crippen LogP contribution in [0.15, 0.2) is 18.2 Å². The number of hydrogen-bond donors (Lipinski definition) is 1. The molecule has 0 saturated heterocycles. The van der Waals surface area contributed by atoms with Crippen molar-refractivity contribution in [3.05, 3.63) is 23.8 Å². The Morgan fingerprint density at radius 2 is 2.00 bits per heavy atom. The van der Waals surface area contributed by atoms with Crippen LogP contribution >= 0.6 is 0 Å². The van der Waals surface area contributed by atoms with E-state index in [0.29, 0.717) is 24.8 Å². The van der Waals surface area contributed by atoms with Crippen LogP contribution in [0.2, 0.25) is 0 Å². The van der Waals surface area contributed by atoms with E-state index in [2.05, 4.69) is 9.46 Å². The summed E-state index contributed by atoms with van der Waals surface area (Å²) in [7, 11) is 0. The van der Waals surface area contributed by atoms with Crippen LogP contribution in [-0.4, -0.2) is 34.3 Å². The lowest BCUT2D eigenvalue weighted by Gasteiger charge is -2.37. The Hall–Kier alpha value is -1.65. The number of benzene rings is 1. The molecule has 0 aromatic heterocycles. The molecule has 30 heavy (non-hydrogen) atoms. The van der Waals surface area contributed by atoms with Gasteiger partial charge in [-0.3, -0.25) is 4.79 Å². The Morgan fingerprint density at radius 3 is 2.53 bits per heavy atom. The van der Waals surface area contributed by atoms with Crippen molar-refractivity contribution < 1.29 is 36.7 Å². The van der Waals surface area contributed by atoms with Crippen LogP contribution in [0.3, 0.4) is 0 Å². The highest BCUT2D eigenvalue weighted by molar-refractivity contribution is 7.90. The maximum Gasteiger partial charge on any atom is 0.573 e. The first kappa shape index (κ1) is 23.0. The third kappa shape index (κ3) is 4.97. The lowest BCUT2D eigenvalue weighted by molar-refractivity contribution is -0.274. The van der Waals surface area contributed by atoms with Gasteiger partial charge in [-0.15, -0.1) is 17.9 Å². The van der Waals surface area contributed by atoms with Crippen LogP contribution < -0.4 is 14.2 Å². The Labute approximate surface area is 176 Å². The topological polar surface area (TPSA) is 79.9 Å². The zero-order chi connectivity index (χ0) is 22.3. The number of carbonyl (C=O) groups is 1. The fourth-order valence-corrected chi connectivity index (χ4v) is 4.30. The molecule has 0 radical (unpaired) electrons. The second-order valence-electron chi connectivity index (χ2n) is 8.52. The van der Waals surface area contributed by atoms with Crippen LogP contribution in [0.5, 0.6) is 11.5 Å². The summed E-state index contributed by atoms with van der Waals surface area (Å²) in [5, 5.41) is 0. The zero-order valence-electron chi connectivity index (χ0n) is 17.3. The summed E-state index contributed by atoms with van der Waals surface area (Å²) < 4.78 is 68.3. The molecule has 1 fully saturated rings. The highest BCUT2D eigenvalue weighted by Crippen LogP contribution is 2.55. The van der Waals surface area contributed by atoms with E-state index in [1.807, 2.05) is 20.8 Å². The molecule has 1 aromatic rings. The lowest BCUT2D eigenvalue weighted by atomic mass is 9.88. The Balaban J connectivity index is 1.92. The number of ether oxygens (including phenoxy) is 3. The first-order valence-corrected chi connectivity index (χ1v) is 10.9. The van der Waals surface area contributed by atoms with Crippen molar-refractivity contribution in [3.8, 4) is 11.5 Å². The third-order valence-corrected chi connectivity index (χ3v) is 6.82. The summed E-state index contributed by atoms with van der Waals surface area (Å²) in [5.74, 6) is -0.623. The molecular formula is C20H26F3NO5S. The van der Waals surface area contributed by atoms with Crippen LogP contribution in [0.25, 0.3) is 0 Å². The highest BCUT2D eigenvalue weighted by atomic mass is 32.2. The fraction of sp³-hybridized carbons (Fsp3) is 0.650. The van der Waals surface area contributed by atoms with Gasteiger partial charge in [-0.25, -0.2) is 0 Å². The van der Waals surface area contributed by atoms with Gasteiger partial charge in [0, 0.05) is 29.4 Å². The molecule has 3 atom stereocenters. The first-order chi connectivity index (χ1) is 13.9. The lowest BCUT2D eigenvalue weighted by Crippen LogP contribution is -2.46. The van der Waals surface area contributed by atoms with Gasteiger partial charge in [0.2, 0.25) is 0 Å². The molecule has 2 aliphatic rings. The summed E-state index contributed by atoms with van der Waals surface area (Å²) in [6.45, 7) is 7.38. The van der Waals surface area contributed by atoms with Crippen molar-refractivity contribution in [2.75, 3.05) is 6.61 Å². The normalized spacial score (nSPS) is 23.7. The van der Waals surface area contributed by atoms with Gasteiger partial charge in [-0.2, -0.15) is 0 Å². The summed E-state index contributed by atoms with van der Waals surface area (Å²) in [5.41, 5.74) is -0.268. The Morgan fingerprint density at radius 1 is 1.33 bits per heavy atom. The quantitative estimate of drug-likeness (QED) is 0.519. The van der Waals surface area contributed by atoms with Gasteiger partial charge in [0.15, 0.2) is 0 Å². The van der Waals surface area contributed by atoms with Crippen molar-refractivity contribution in [2.24, 2.45) is 5.41 Å². The monoisotopic (exact) mass is 449 g/mol. The average Bonchev–Trinajstić information content (AvgIpc) is 3.41. The second kappa shape index (κ2) is 8.12. The van der Waals surface area contributed by atoms with E-state index in [4.69, 9.17) is 9.47 Å². The van der Waals surface area contributed by atoms with E-state index in [-0.39, 0.29) is 18.3 Å². The molecule has 10 heteroatoms. The van der Waals surface area contributed by atoms with E-state index in [9.17, 15) is 22.5 Å². The van der Waals surface area contributed by atoms with Crippen LogP contribution in [-0.2, 0) is 20.9 Å². The number of hydrogen-bond acceptors (Lipinski definition) is 6. The van der Waals surface area contributed by atoms with Crippen LogP contribution in [0, 0.1) is 5.41 Å². The maximum absolute atomic E-state index is 12.7. The molecule has 0 spiro atoms. The standard InChI is InChI=1S/C20H26F3NO5S/c1-5-27-17(25)19(8-9-19)16-11-14(24-30(26)18(2,3)4)13-7-6-12(10-15(13)28-16)29-20(21,22)23/h6-7,10,14,16,24H,5,8-9,11H2,1-4H3/t14-,16-,30?/m1/s1. The minimum absolute atomic E-state index is 0.173. The number of rotatable bonds is 6. The molecule has 1 aliphatic heterocycles. The van der Waals surface area contributed by atoms with Gasteiger partial charge in [-0.1, -0.05) is 0 Å². The summed E-state index contributed by atoms with van der Waals surface area (Å²) in [6.07, 6.45) is -3.97. The summed E-state index contributed by atoms with van der Waals surface area (Å²) in [4.78, 5) is 12.5. The van der Waals surface area contributed by atoms with Gasteiger partial charge in [-0.05, 0) is 52.7 Å². The molecule has 1 unspecified atom stereocenters. The van der Waals surface area contributed by atoms with E-state index in [1.165, 1.54) is 12.1 Å². The highest BCUT2D eigenvalue weighted by Gasteiger charge is 2.60. The van der Waals surface area contributed by atoms with Crippen LogP contribution in [0.4, 0.5) is 13.2 Å². The number of carbonyl (C=O) groups excluding carboxylic acids is 1. The molecular weight excluding hydrogens is 423 g/mol. The number of esters is 1. The molecule has 1 heterocycles. The fourth-order valence-electron chi connectivity index (χ4n) is 3.47. The third-order valence-electron chi connectivity index (χ3n) is 5.21. The van der Waals surface area contributed by atoms with E-state index < -0.39 is 45.8 Å². The van der Waals surface area contributed by atoms with Gasteiger partial charge in [0.1, 0.15) is 27.8 Å². The van der Waals surface area contributed by atoms with E-state index in [1.54, 1.807) is 6.92 Å². The molecule has 1 N–H and O–H groups in total. The smallest absolute Gasteiger partial charge is 0.573 e. The van der Waals surface area contributed by atoms with Gasteiger partial charge < -0.3 is 18.8 Å². The summed E-state index contributed by atoms with van der Waals surface area (Å²) in [6, 6.07) is 3.35. The minimum atomic E-state index is -4.84. The Kier molecular flexibility index (Phi) is 6.23. The zero-order valence-corrected chi connectivity index (χ0v) is 18.1. The molecule has 1 saturated carbocycles. The van der Waals surface area contributed by atoms with Crippen molar-refractivity contribution in [3.63, 3.8) is 0 Å². The number of halogens is 3. The predicted octanol–water partition coefficient (Wildman–Crippen LogP) is 4.17. The number of fused-ring (bicyclic) bond motifs is 1. The van der Waals surface area contributed by atoms with Gasteiger partial charge >= 0.3 is 12.3 Å². The average molecular weight is 449 g/mol. The van der Waals surface area contributed by atoms with Crippen molar-refractivity contribution in [2.45, 2.75) is 70.2 Å². The molecule has 1 aromatic carbocycles. The largest absolute Gasteiger partial charge is 0.598 e. The number of nitrogens with one attached hydrogen (secondary N) is 1. The minimum Gasteiger partial charge on any atom is -0.598 e. The molecule has 168 valence electrons.